The predicted octanol–water partition coefficient (Wildman–Crippen LogP) is 5.73. The van der Waals surface area contributed by atoms with Gasteiger partial charge >= 0.3 is 0 Å². The van der Waals surface area contributed by atoms with E-state index in [1.165, 1.54) is 38.0 Å². The van der Waals surface area contributed by atoms with Gasteiger partial charge in [0, 0.05) is 11.1 Å². The molecule has 0 spiro atoms. The third kappa shape index (κ3) is 6.76. The highest BCUT2D eigenvalue weighted by molar-refractivity contribution is 7.92. The highest BCUT2D eigenvalue weighted by Crippen LogP contribution is 2.32. The van der Waals surface area contributed by atoms with Crippen molar-refractivity contribution in [2.75, 3.05) is 25.1 Å². The Balaban J connectivity index is 1.89. The summed E-state index contributed by atoms with van der Waals surface area (Å²) < 4.78 is 39.0. The van der Waals surface area contributed by atoms with Gasteiger partial charge in [0.2, 0.25) is 5.91 Å². The van der Waals surface area contributed by atoms with E-state index in [1.54, 1.807) is 24.3 Å². The lowest BCUT2D eigenvalue weighted by Gasteiger charge is -2.26. The third-order valence-electron chi connectivity index (χ3n) is 6.00. The van der Waals surface area contributed by atoms with Crippen molar-refractivity contribution in [1.29, 1.82) is 0 Å². The van der Waals surface area contributed by atoms with Gasteiger partial charge in [-0.25, -0.2) is 8.42 Å². The summed E-state index contributed by atoms with van der Waals surface area (Å²) in [6.07, 6.45) is 0. The number of amides is 1. The fourth-order valence-electron chi connectivity index (χ4n) is 3.80. The topological polar surface area (TPSA) is 84.9 Å². The molecule has 0 radical (unpaired) electrons. The molecule has 198 valence electrons. The molecular weight excluding hydrogens is 512 g/mol. The van der Waals surface area contributed by atoms with Crippen LogP contribution in [0.4, 0.5) is 5.69 Å². The van der Waals surface area contributed by atoms with Gasteiger partial charge in [0.1, 0.15) is 6.54 Å². The molecule has 0 heterocycles. The molecule has 1 amide bonds. The summed E-state index contributed by atoms with van der Waals surface area (Å²) in [7, 11) is -1.26. The zero-order valence-corrected chi connectivity index (χ0v) is 23.5. The van der Waals surface area contributed by atoms with Crippen LogP contribution in [0.1, 0.15) is 44.9 Å². The Morgan fingerprint density at radius 3 is 2.08 bits per heavy atom. The number of rotatable bonds is 9. The van der Waals surface area contributed by atoms with Crippen LogP contribution < -0.4 is 19.1 Å². The second kappa shape index (κ2) is 11.4. The van der Waals surface area contributed by atoms with E-state index in [0.717, 1.165) is 9.87 Å². The van der Waals surface area contributed by atoms with Crippen LogP contribution in [0.15, 0.2) is 71.6 Å². The summed E-state index contributed by atoms with van der Waals surface area (Å²) in [6.45, 7) is 7.84. The van der Waals surface area contributed by atoms with Gasteiger partial charge < -0.3 is 14.8 Å². The average Bonchev–Trinajstić information content (AvgIpc) is 2.86. The first kappa shape index (κ1) is 28.3. The predicted molar refractivity (Wildman–Crippen MR) is 147 cm³/mol. The van der Waals surface area contributed by atoms with Gasteiger partial charge in [-0.2, -0.15) is 0 Å². The molecule has 0 aliphatic carbocycles. The van der Waals surface area contributed by atoms with Gasteiger partial charge in [-0.1, -0.05) is 56.6 Å². The van der Waals surface area contributed by atoms with Crippen molar-refractivity contribution < 1.29 is 22.7 Å². The minimum absolute atomic E-state index is 0.0165. The van der Waals surface area contributed by atoms with Crippen LogP contribution in [0.5, 0.6) is 11.5 Å². The van der Waals surface area contributed by atoms with Gasteiger partial charge in [-0.3, -0.25) is 9.10 Å². The molecule has 0 saturated carbocycles. The Morgan fingerprint density at radius 1 is 0.946 bits per heavy atom. The molecule has 3 rings (SSSR count). The van der Waals surface area contributed by atoms with Crippen LogP contribution in [0.2, 0.25) is 5.02 Å². The largest absolute Gasteiger partial charge is 0.493 e. The van der Waals surface area contributed by atoms with Gasteiger partial charge in [-0.15, -0.1) is 0 Å². The van der Waals surface area contributed by atoms with E-state index in [9.17, 15) is 13.2 Å². The molecule has 0 saturated heterocycles. The fraction of sp³-hybridized carbons (Fsp3) is 0.321. The molecule has 0 aliphatic rings. The summed E-state index contributed by atoms with van der Waals surface area (Å²) in [5, 5.41) is 3.36. The van der Waals surface area contributed by atoms with E-state index in [-0.39, 0.29) is 22.1 Å². The number of sulfonamides is 1. The maximum absolute atomic E-state index is 13.7. The first-order chi connectivity index (χ1) is 17.4. The number of benzene rings is 3. The van der Waals surface area contributed by atoms with Crippen molar-refractivity contribution in [3.63, 3.8) is 0 Å². The number of halogens is 1. The summed E-state index contributed by atoms with van der Waals surface area (Å²) in [4.78, 5) is 13.1. The molecule has 0 aliphatic heterocycles. The fourth-order valence-corrected chi connectivity index (χ4v) is 5.36. The molecule has 0 fully saturated rings. The monoisotopic (exact) mass is 544 g/mol. The first-order valence-corrected chi connectivity index (χ1v) is 13.6. The summed E-state index contributed by atoms with van der Waals surface area (Å²) in [5.74, 6) is 0.200. The number of methoxy groups -OCH3 is 2. The summed E-state index contributed by atoms with van der Waals surface area (Å²) >= 11 is 6.02. The van der Waals surface area contributed by atoms with Crippen molar-refractivity contribution in [3.8, 4) is 11.5 Å². The maximum atomic E-state index is 13.7. The number of ether oxygens (including phenoxy) is 2. The van der Waals surface area contributed by atoms with Crippen LogP contribution in [-0.4, -0.2) is 35.1 Å². The summed E-state index contributed by atoms with van der Waals surface area (Å²) in [5.41, 5.74) is 2.42. The number of carbonyl (C=O) groups excluding carboxylic acids is 1. The van der Waals surface area contributed by atoms with E-state index >= 15 is 0 Å². The van der Waals surface area contributed by atoms with Gasteiger partial charge in [0.15, 0.2) is 11.5 Å². The zero-order valence-electron chi connectivity index (χ0n) is 21.9. The van der Waals surface area contributed by atoms with E-state index < -0.39 is 22.5 Å². The Hall–Kier alpha value is -3.23. The molecular formula is C28H33ClN2O5S. The van der Waals surface area contributed by atoms with Crippen LogP contribution in [-0.2, 0) is 20.2 Å². The Labute approximate surface area is 224 Å². The molecule has 0 unspecified atom stereocenters. The Kier molecular flexibility index (Phi) is 8.76. The highest BCUT2D eigenvalue weighted by Gasteiger charge is 2.29. The molecule has 7 nitrogen and oxygen atoms in total. The van der Waals surface area contributed by atoms with Crippen molar-refractivity contribution >= 4 is 33.2 Å². The number of carbonyl (C=O) groups is 1. The summed E-state index contributed by atoms with van der Waals surface area (Å²) in [6, 6.07) is 18.3. The molecule has 0 bridgehead atoms. The van der Waals surface area contributed by atoms with Crippen LogP contribution in [0.3, 0.4) is 0 Å². The lowest BCUT2D eigenvalue weighted by molar-refractivity contribution is -0.120. The SMILES string of the molecule is COc1ccc(S(=O)(=O)N(CC(=O)N[C@H](C)c2ccc(C(C)(C)C)cc2)c2ccc(Cl)cc2)cc1OC. The first-order valence-electron chi connectivity index (χ1n) is 11.8. The van der Waals surface area contributed by atoms with E-state index in [4.69, 9.17) is 21.1 Å². The second-order valence-corrected chi connectivity index (χ2v) is 12.0. The molecule has 3 aromatic carbocycles. The van der Waals surface area contributed by atoms with Crippen molar-refractivity contribution in [3.05, 3.63) is 82.9 Å². The van der Waals surface area contributed by atoms with Crippen molar-refractivity contribution in [2.24, 2.45) is 0 Å². The molecule has 3 aromatic rings. The van der Waals surface area contributed by atoms with E-state index in [1.807, 2.05) is 31.2 Å². The standard InChI is InChI=1S/C28H33ClN2O5S/c1-19(20-7-9-21(10-8-20)28(2,3)4)30-27(32)18-31(23-13-11-22(29)12-14-23)37(33,34)24-15-16-25(35-5)26(17-24)36-6/h7-17,19H,18H2,1-6H3,(H,30,32)/t19-/m1/s1. The third-order valence-corrected chi connectivity index (χ3v) is 8.02. The lowest BCUT2D eigenvalue weighted by Crippen LogP contribution is -2.41. The van der Waals surface area contributed by atoms with Crippen LogP contribution >= 0.6 is 11.6 Å². The second-order valence-electron chi connectivity index (χ2n) is 9.67. The van der Waals surface area contributed by atoms with Crippen LogP contribution in [0.25, 0.3) is 0 Å². The van der Waals surface area contributed by atoms with Crippen molar-refractivity contribution in [1.82, 2.24) is 5.32 Å². The Bertz CT molecular complexity index is 1330. The molecule has 1 N–H and O–H groups in total. The van der Waals surface area contributed by atoms with Gasteiger partial charge in [0.05, 0.1) is 30.8 Å². The number of anilines is 1. The van der Waals surface area contributed by atoms with Gasteiger partial charge in [0.25, 0.3) is 10.0 Å². The molecule has 1 atom stereocenters. The smallest absolute Gasteiger partial charge is 0.264 e. The van der Waals surface area contributed by atoms with E-state index in [0.29, 0.717) is 16.5 Å². The van der Waals surface area contributed by atoms with E-state index in [2.05, 4.69) is 26.1 Å². The number of hydrogen-bond acceptors (Lipinski definition) is 5. The van der Waals surface area contributed by atoms with Crippen LogP contribution in [0, 0.1) is 0 Å². The Morgan fingerprint density at radius 2 is 1.54 bits per heavy atom. The molecule has 37 heavy (non-hydrogen) atoms. The zero-order chi connectivity index (χ0) is 27.4. The van der Waals surface area contributed by atoms with Gasteiger partial charge in [-0.05, 0) is 59.9 Å². The number of hydrogen-bond donors (Lipinski definition) is 1. The lowest BCUT2D eigenvalue weighted by atomic mass is 9.86. The highest BCUT2D eigenvalue weighted by atomic mass is 35.5. The quantitative estimate of drug-likeness (QED) is 0.372. The maximum Gasteiger partial charge on any atom is 0.264 e. The minimum Gasteiger partial charge on any atom is -0.493 e. The minimum atomic E-state index is -4.15. The normalized spacial score (nSPS) is 12.5. The molecule has 9 heteroatoms. The molecule has 0 aromatic heterocycles. The van der Waals surface area contributed by atoms with Crippen molar-refractivity contribution in [2.45, 2.75) is 44.0 Å². The average molecular weight is 545 g/mol. The number of nitrogens with one attached hydrogen (secondary N) is 1. The number of nitrogens with zero attached hydrogens (tertiary/aromatic N) is 1.